The molecule has 0 bridgehead atoms. The van der Waals surface area contributed by atoms with Gasteiger partial charge in [-0.1, -0.05) is 18.7 Å². The summed E-state index contributed by atoms with van der Waals surface area (Å²) in [5.74, 6) is -0.283. The number of rotatable bonds is 4. The van der Waals surface area contributed by atoms with Crippen LogP contribution in [-0.4, -0.2) is 56.6 Å². The first-order chi connectivity index (χ1) is 8.58. The number of carbonyl (C=O) groups is 1. The van der Waals surface area contributed by atoms with Crippen molar-refractivity contribution in [2.24, 2.45) is 5.92 Å². The first kappa shape index (κ1) is 13.4. The van der Waals surface area contributed by atoms with E-state index < -0.39 is 5.97 Å². The Labute approximate surface area is 110 Å². The lowest BCUT2D eigenvalue weighted by molar-refractivity contribution is -0.133. The predicted molar refractivity (Wildman–Crippen MR) is 68.7 cm³/mol. The number of aliphatic carboxylic acids is 1. The zero-order valence-electron chi connectivity index (χ0n) is 10.6. The third kappa shape index (κ3) is 3.02. The first-order valence-corrected chi connectivity index (χ1v) is 6.99. The molecule has 0 saturated carbocycles. The number of nitrogens with zero attached hydrogens (tertiary/aromatic N) is 4. The standard InChI is InChI=1S/C11H18N4O2S/c1-8-5-14(2)4-3-9(8)15-7-12-13-11(15)18-6-10(16)17/h7-9H,3-6H2,1-2H3,(H,16,17). The summed E-state index contributed by atoms with van der Waals surface area (Å²) in [6.45, 7) is 4.31. The Morgan fingerprint density at radius 3 is 3.11 bits per heavy atom. The second-order valence-electron chi connectivity index (χ2n) is 4.80. The largest absolute Gasteiger partial charge is 0.481 e. The highest BCUT2D eigenvalue weighted by Gasteiger charge is 2.27. The van der Waals surface area contributed by atoms with Crippen LogP contribution in [0.3, 0.4) is 0 Å². The van der Waals surface area contributed by atoms with Crippen LogP contribution >= 0.6 is 11.8 Å². The van der Waals surface area contributed by atoms with Crippen LogP contribution in [0.2, 0.25) is 0 Å². The molecule has 2 unspecified atom stereocenters. The first-order valence-electron chi connectivity index (χ1n) is 6.00. The molecule has 2 atom stereocenters. The molecule has 1 N–H and O–H groups in total. The molecular formula is C11H18N4O2S. The van der Waals surface area contributed by atoms with Crippen molar-refractivity contribution < 1.29 is 9.90 Å². The molecule has 1 aromatic heterocycles. The van der Waals surface area contributed by atoms with E-state index in [4.69, 9.17) is 5.11 Å². The fraction of sp³-hybridized carbons (Fsp3) is 0.727. The van der Waals surface area contributed by atoms with E-state index in [1.807, 2.05) is 4.57 Å². The third-order valence-electron chi connectivity index (χ3n) is 3.29. The minimum atomic E-state index is -0.828. The second-order valence-corrected chi connectivity index (χ2v) is 5.74. The van der Waals surface area contributed by atoms with Gasteiger partial charge in [-0.3, -0.25) is 4.79 Å². The Morgan fingerprint density at radius 2 is 2.44 bits per heavy atom. The van der Waals surface area contributed by atoms with Crippen molar-refractivity contribution >= 4 is 17.7 Å². The summed E-state index contributed by atoms with van der Waals surface area (Å²) in [6.07, 6.45) is 2.77. The van der Waals surface area contributed by atoms with Crippen molar-refractivity contribution in [3.8, 4) is 0 Å². The summed E-state index contributed by atoms with van der Waals surface area (Å²) in [5.41, 5.74) is 0. The van der Waals surface area contributed by atoms with Crippen LogP contribution in [0, 0.1) is 5.92 Å². The molecule has 100 valence electrons. The molecule has 2 rings (SSSR count). The van der Waals surface area contributed by atoms with Gasteiger partial charge in [-0.25, -0.2) is 0 Å². The molecule has 1 aliphatic heterocycles. The van der Waals surface area contributed by atoms with Gasteiger partial charge in [-0.15, -0.1) is 10.2 Å². The zero-order valence-corrected chi connectivity index (χ0v) is 11.4. The maximum Gasteiger partial charge on any atom is 0.313 e. The van der Waals surface area contributed by atoms with E-state index in [9.17, 15) is 4.79 Å². The number of thioether (sulfide) groups is 1. The highest BCUT2D eigenvalue weighted by molar-refractivity contribution is 7.99. The van der Waals surface area contributed by atoms with Gasteiger partial charge in [0.05, 0.1) is 5.75 Å². The molecule has 0 aromatic carbocycles. The molecule has 1 aromatic rings. The third-order valence-corrected chi connectivity index (χ3v) is 4.23. The summed E-state index contributed by atoms with van der Waals surface area (Å²) >= 11 is 1.23. The molecule has 6 nitrogen and oxygen atoms in total. The quantitative estimate of drug-likeness (QED) is 0.822. The number of piperidine rings is 1. The van der Waals surface area contributed by atoms with Crippen LogP contribution in [0.15, 0.2) is 11.5 Å². The van der Waals surface area contributed by atoms with Crippen molar-refractivity contribution in [1.29, 1.82) is 0 Å². The van der Waals surface area contributed by atoms with Crippen LogP contribution in [0.5, 0.6) is 0 Å². The van der Waals surface area contributed by atoms with E-state index in [1.54, 1.807) is 6.33 Å². The normalized spacial score (nSPS) is 25.2. The van der Waals surface area contributed by atoms with Crippen LogP contribution in [0.4, 0.5) is 0 Å². The summed E-state index contributed by atoms with van der Waals surface area (Å²) in [4.78, 5) is 12.9. The average molecular weight is 270 g/mol. The second kappa shape index (κ2) is 5.71. The van der Waals surface area contributed by atoms with Gasteiger partial charge in [0.15, 0.2) is 5.16 Å². The van der Waals surface area contributed by atoms with E-state index >= 15 is 0 Å². The van der Waals surface area contributed by atoms with Crippen molar-refractivity contribution in [2.45, 2.75) is 24.5 Å². The molecular weight excluding hydrogens is 252 g/mol. The number of carboxylic acid groups (broad SMARTS) is 1. The Bertz CT molecular complexity index is 423. The maximum absolute atomic E-state index is 10.6. The molecule has 1 aliphatic rings. The van der Waals surface area contributed by atoms with Crippen LogP contribution in [0.25, 0.3) is 0 Å². The molecule has 18 heavy (non-hydrogen) atoms. The topological polar surface area (TPSA) is 71.2 Å². The lowest BCUT2D eigenvalue weighted by Crippen LogP contribution is -2.37. The molecule has 0 aliphatic carbocycles. The van der Waals surface area contributed by atoms with Gasteiger partial charge in [-0.2, -0.15) is 0 Å². The number of carboxylic acids is 1. The molecule has 0 amide bonds. The molecule has 7 heteroatoms. The maximum atomic E-state index is 10.6. The van der Waals surface area contributed by atoms with Gasteiger partial charge in [0, 0.05) is 12.6 Å². The average Bonchev–Trinajstić information content (AvgIpc) is 2.74. The fourth-order valence-corrected chi connectivity index (χ4v) is 3.13. The van der Waals surface area contributed by atoms with Crippen LogP contribution < -0.4 is 0 Å². The SMILES string of the molecule is CC1CN(C)CCC1n1cnnc1SCC(=O)O. The summed E-state index contributed by atoms with van der Waals surface area (Å²) < 4.78 is 2.03. The number of hydrogen-bond donors (Lipinski definition) is 1. The minimum Gasteiger partial charge on any atom is -0.481 e. The van der Waals surface area contributed by atoms with Crippen LogP contribution in [0.1, 0.15) is 19.4 Å². The van der Waals surface area contributed by atoms with E-state index in [2.05, 4.69) is 29.1 Å². The minimum absolute atomic E-state index is 0.0275. The van der Waals surface area contributed by atoms with Crippen LogP contribution in [-0.2, 0) is 4.79 Å². The number of likely N-dealkylation sites (tertiary alicyclic amines) is 1. The van der Waals surface area contributed by atoms with Crippen molar-refractivity contribution in [1.82, 2.24) is 19.7 Å². The number of hydrogen-bond acceptors (Lipinski definition) is 5. The zero-order chi connectivity index (χ0) is 13.1. The van der Waals surface area contributed by atoms with Gasteiger partial charge < -0.3 is 14.6 Å². The lowest BCUT2D eigenvalue weighted by atomic mass is 9.94. The monoisotopic (exact) mass is 270 g/mol. The Morgan fingerprint density at radius 1 is 1.67 bits per heavy atom. The molecule has 2 heterocycles. The van der Waals surface area contributed by atoms with E-state index in [1.165, 1.54) is 11.8 Å². The summed E-state index contributed by atoms with van der Waals surface area (Å²) in [7, 11) is 2.12. The Kier molecular flexibility index (Phi) is 4.23. The van der Waals surface area contributed by atoms with Gasteiger partial charge in [0.25, 0.3) is 0 Å². The van der Waals surface area contributed by atoms with Crippen molar-refractivity contribution in [2.75, 3.05) is 25.9 Å². The highest BCUT2D eigenvalue weighted by Crippen LogP contribution is 2.30. The molecule has 0 spiro atoms. The summed E-state index contributed by atoms with van der Waals surface area (Å²) in [6, 6.07) is 0.368. The van der Waals surface area contributed by atoms with E-state index in [0.717, 1.165) is 19.5 Å². The highest BCUT2D eigenvalue weighted by atomic mass is 32.2. The predicted octanol–water partition coefficient (Wildman–Crippen LogP) is 0.968. The van der Waals surface area contributed by atoms with Gasteiger partial charge >= 0.3 is 5.97 Å². The lowest BCUT2D eigenvalue weighted by Gasteiger charge is -2.35. The Balaban J connectivity index is 2.08. The molecule has 1 fully saturated rings. The Hall–Kier alpha value is -1.08. The van der Waals surface area contributed by atoms with Gasteiger partial charge in [-0.05, 0) is 25.9 Å². The van der Waals surface area contributed by atoms with Gasteiger partial charge in [0.1, 0.15) is 6.33 Å². The number of aromatic nitrogens is 3. The van der Waals surface area contributed by atoms with Crippen molar-refractivity contribution in [3.05, 3.63) is 6.33 Å². The van der Waals surface area contributed by atoms with E-state index in [0.29, 0.717) is 17.1 Å². The fourth-order valence-electron chi connectivity index (χ4n) is 2.44. The summed E-state index contributed by atoms with van der Waals surface area (Å²) in [5, 5.41) is 17.4. The van der Waals surface area contributed by atoms with E-state index in [-0.39, 0.29) is 5.75 Å². The smallest absolute Gasteiger partial charge is 0.313 e. The van der Waals surface area contributed by atoms with Crippen molar-refractivity contribution in [3.63, 3.8) is 0 Å². The van der Waals surface area contributed by atoms with Gasteiger partial charge in [0.2, 0.25) is 0 Å². The molecule has 1 saturated heterocycles. The molecule has 0 radical (unpaired) electrons.